The molecule has 0 bridgehead atoms. The molecule has 1 aliphatic rings. The first-order valence-electron chi connectivity index (χ1n) is 3.88. The van der Waals surface area contributed by atoms with Crippen LogP contribution in [0.15, 0.2) is 17.3 Å². The summed E-state index contributed by atoms with van der Waals surface area (Å²) >= 11 is 0. The molecule has 0 radical (unpaired) electrons. The van der Waals surface area contributed by atoms with Gasteiger partial charge < -0.3 is 4.74 Å². The van der Waals surface area contributed by atoms with E-state index in [1.807, 2.05) is 0 Å². The van der Waals surface area contributed by atoms with E-state index in [4.69, 9.17) is 0 Å². The molecule has 0 aromatic carbocycles. The first kappa shape index (κ1) is 7.91. The van der Waals surface area contributed by atoms with Crippen LogP contribution < -0.4 is 0 Å². The maximum absolute atomic E-state index is 11.1. The maximum atomic E-state index is 11.1. The van der Waals surface area contributed by atoms with Crippen molar-refractivity contribution in [2.24, 2.45) is 4.99 Å². The van der Waals surface area contributed by atoms with Gasteiger partial charge in [0, 0.05) is 18.0 Å². The van der Waals surface area contributed by atoms with Gasteiger partial charge in [0.1, 0.15) is 0 Å². The summed E-state index contributed by atoms with van der Waals surface area (Å²) < 4.78 is 4.58. The van der Waals surface area contributed by atoms with Crippen molar-refractivity contribution in [1.29, 1.82) is 0 Å². The Bertz CT molecular complexity index is 385. The summed E-state index contributed by atoms with van der Waals surface area (Å²) in [4.78, 5) is 19.2. The third kappa shape index (κ3) is 1.30. The second kappa shape index (κ2) is 2.97. The quantitative estimate of drug-likeness (QED) is 0.595. The average Bonchev–Trinajstić information content (AvgIpc) is 2.63. The van der Waals surface area contributed by atoms with Gasteiger partial charge in [0.25, 0.3) is 0 Å². The van der Waals surface area contributed by atoms with Crippen molar-refractivity contribution >= 4 is 12.2 Å². The SMILES string of the molecule is COC(=O)c1cnc2c(c1)CN=C2. The second-order valence-corrected chi connectivity index (χ2v) is 2.73. The fourth-order valence-electron chi connectivity index (χ4n) is 1.22. The number of carbonyl (C=O) groups excluding carboxylic acids is 1. The van der Waals surface area contributed by atoms with Gasteiger partial charge in [0.05, 0.1) is 24.9 Å². The van der Waals surface area contributed by atoms with Crippen molar-refractivity contribution < 1.29 is 9.53 Å². The second-order valence-electron chi connectivity index (χ2n) is 2.73. The van der Waals surface area contributed by atoms with E-state index in [-0.39, 0.29) is 5.97 Å². The van der Waals surface area contributed by atoms with Crippen LogP contribution in [-0.2, 0) is 11.3 Å². The van der Waals surface area contributed by atoms with Gasteiger partial charge in [-0.3, -0.25) is 9.98 Å². The van der Waals surface area contributed by atoms with Crippen molar-refractivity contribution in [2.45, 2.75) is 6.54 Å². The number of rotatable bonds is 1. The van der Waals surface area contributed by atoms with E-state index >= 15 is 0 Å². The number of aromatic nitrogens is 1. The lowest BCUT2D eigenvalue weighted by Gasteiger charge is -2.00. The van der Waals surface area contributed by atoms with Crippen molar-refractivity contribution in [3.63, 3.8) is 0 Å². The molecule has 4 nitrogen and oxygen atoms in total. The third-order valence-electron chi connectivity index (χ3n) is 1.90. The normalized spacial score (nSPS) is 12.7. The molecule has 4 heteroatoms. The summed E-state index contributed by atoms with van der Waals surface area (Å²) in [5.41, 5.74) is 2.29. The molecule has 0 saturated carbocycles. The Kier molecular flexibility index (Phi) is 1.81. The molecule has 0 saturated heterocycles. The molecule has 0 N–H and O–H groups in total. The summed E-state index contributed by atoms with van der Waals surface area (Å²) in [6.07, 6.45) is 3.21. The molecule has 0 aliphatic carbocycles. The van der Waals surface area contributed by atoms with Gasteiger partial charge in [-0.2, -0.15) is 0 Å². The molecule has 1 aromatic heterocycles. The molecular formula is C9H8N2O2. The Hall–Kier alpha value is -1.71. The molecule has 1 aliphatic heterocycles. The highest BCUT2D eigenvalue weighted by atomic mass is 16.5. The Labute approximate surface area is 75.3 Å². The van der Waals surface area contributed by atoms with E-state index in [1.165, 1.54) is 13.3 Å². The first-order chi connectivity index (χ1) is 6.31. The number of aliphatic imine (C=N–C) groups is 1. The highest BCUT2D eigenvalue weighted by molar-refractivity contribution is 5.91. The Balaban J connectivity index is 2.38. The summed E-state index contributed by atoms with van der Waals surface area (Å²) in [6.45, 7) is 0.604. The molecule has 2 heterocycles. The van der Waals surface area contributed by atoms with Crippen LogP contribution in [0, 0.1) is 0 Å². The first-order valence-corrected chi connectivity index (χ1v) is 3.88. The zero-order valence-electron chi connectivity index (χ0n) is 7.15. The molecule has 1 aromatic rings. The lowest BCUT2D eigenvalue weighted by atomic mass is 10.1. The molecule has 2 rings (SSSR count). The maximum Gasteiger partial charge on any atom is 0.339 e. The minimum absolute atomic E-state index is 0.359. The molecule has 66 valence electrons. The summed E-state index contributed by atoms with van der Waals surface area (Å²) in [5.74, 6) is -0.359. The van der Waals surface area contributed by atoms with Crippen LogP contribution in [0.3, 0.4) is 0 Å². The van der Waals surface area contributed by atoms with E-state index in [0.717, 1.165) is 11.3 Å². The van der Waals surface area contributed by atoms with Crippen molar-refractivity contribution in [2.75, 3.05) is 7.11 Å². The predicted octanol–water partition coefficient (Wildman–Crippen LogP) is 0.801. The standard InChI is InChI=1S/C9H8N2O2/c1-13-9(12)7-2-6-3-10-5-8(6)11-4-7/h2,4-5H,3H2,1H3. The third-order valence-corrected chi connectivity index (χ3v) is 1.90. The van der Waals surface area contributed by atoms with Crippen LogP contribution in [0.4, 0.5) is 0 Å². The van der Waals surface area contributed by atoms with E-state index in [1.54, 1.807) is 12.3 Å². The number of hydrogen-bond donors (Lipinski definition) is 0. The van der Waals surface area contributed by atoms with Gasteiger partial charge in [-0.25, -0.2) is 4.79 Å². The lowest BCUT2D eigenvalue weighted by Crippen LogP contribution is -2.03. The number of ether oxygens (including phenoxy) is 1. The van der Waals surface area contributed by atoms with Crippen LogP contribution in [0.25, 0.3) is 0 Å². The molecule has 0 unspecified atom stereocenters. The van der Waals surface area contributed by atoms with Crippen LogP contribution in [0.5, 0.6) is 0 Å². The van der Waals surface area contributed by atoms with Gasteiger partial charge in [-0.05, 0) is 6.07 Å². The zero-order chi connectivity index (χ0) is 9.26. The molecule has 0 atom stereocenters. The number of carbonyl (C=O) groups is 1. The molecule has 0 spiro atoms. The summed E-state index contributed by atoms with van der Waals surface area (Å²) in [7, 11) is 1.35. The Morgan fingerprint density at radius 1 is 1.62 bits per heavy atom. The number of esters is 1. The van der Waals surface area contributed by atoms with Gasteiger partial charge in [-0.15, -0.1) is 0 Å². The topological polar surface area (TPSA) is 51.5 Å². The molecule has 0 fully saturated rings. The number of methoxy groups -OCH3 is 1. The smallest absolute Gasteiger partial charge is 0.339 e. The number of pyridine rings is 1. The van der Waals surface area contributed by atoms with E-state index in [9.17, 15) is 4.79 Å². The highest BCUT2D eigenvalue weighted by Gasteiger charge is 2.12. The van der Waals surface area contributed by atoms with Crippen LogP contribution in [-0.4, -0.2) is 24.3 Å². The molecule has 13 heavy (non-hydrogen) atoms. The fourth-order valence-corrected chi connectivity index (χ4v) is 1.22. The average molecular weight is 176 g/mol. The Morgan fingerprint density at radius 2 is 2.46 bits per heavy atom. The minimum atomic E-state index is -0.359. The van der Waals surface area contributed by atoms with Gasteiger partial charge in [-0.1, -0.05) is 0 Å². The van der Waals surface area contributed by atoms with Crippen molar-refractivity contribution in [1.82, 2.24) is 4.98 Å². The number of hydrogen-bond acceptors (Lipinski definition) is 4. The molecule has 0 amide bonds. The summed E-state index contributed by atoms with van der Waals surface area (Å²) in [5, 5.41) is 0. The number of fused-ring (bicyclic) bond motifs is 1. The molecular weight excluding hydrogens is 168 g/mol. The van der Waals surface area contributed by atoms with Crippen LogP contribution in [0.2, 0.25) is 0 Å². The van der Waals surface area contributed by atoms with Gasteiger partial charge in [0.2, 0.25) is 0 Å². The summed E-state index contributed by atoms with van der Waals surface area (Å²) in [6, 6.07) is 1.77. The van der Waals surface area contributed by atoms with E-state index < -0.39 is 0 Å². The number of nitrogens with zero attached hydrogens (tertiary/aromatic N) is 2. The largest absolute Gasteiger partial charge is 0.465 e. The van der Waals surface area contributed by atoms with Gasteiger partial charge >= 0.3 is 5.97 Å². The van der Waals surface area contributed by atoms with Crippen molar-refractivity contribution in [3.05, 3.63) is 29.1 Å². The van der Waals surface area contributed by atoms with E-state index in [0.29, 0.717) is 12.1 Å². The zero-order valence-corrected chi connectivity index (χ0v) is 7.15. The highest BCUT2D eigenvalue weighted by Crippen LogP contribution is 2.13. The van der Waals surface area contributed by atoms with Crippen LogP contribution in [0.1, 0.15) is 21.6 Å². The lowest BCUT2D eigenvalue weighted by molar-refractivity contribution is 0.0600. The van der Waals surface area contributed by atoms with E-state index in [2.05, 4.69) is 14.7 Å². The van der Waals surface area contributed by atoms with Crippen LogP contribution >= 0.6 is 0 Å². The van der Waals surface area contributed by atoms with Crippen molar-refractivity contribution in [3.8, 4) is 0 Å². The predicted molar refractivity (Wildman–Crippen MR) is 46.9 cm³/mol. The Morgan fingerprint density at radius 3 is 3.23 bits per heavy atom. The monoisotopic (exact) mass is 176 g/mol. The fraction of sp³-hybridized carbons (Fsp3) is 0.222. The van der Waals surface area contributed by atoms with Gasteiger partial charge in [0.15, 0.2) is 0 Å². The minimum Gasteiger partial charge on any atom is -0.465 e.